The first-order valence-electron chi connectivity index (χ1n) is 11.5. The van der Waals surface area contributed by atoms with Gasteiger partial charge < -0.3 is 0 Å². The highest BCUT2D eigenvalue weighted by Crippen LogP contribution is 2.35. The molecule has 2 aromatic heterocycles. The smallest absolute Gasteiger partial charge is 0.267 e. The van der Waals surface area contributed by atoms with Gasteiger partial charge in [-0.2, -0.15) is 5.10 Å². The molecule has 10 heteroatoms. The minimum absolute atomic E-state index is 0.0496. The molecule has 2 aromatic carbocycles. The first-order valence-corrected chi connectivity index (χ1v) is 14.0. The third kappa shape index (κ3) is 5.09. The van der Waals surface area contributed by atoms with Gasteiger partial charge in [-0.25, -0.2) is 10.4 Å². The fraction of sp³-hybridized carbons (Fsp3) is 0.231. The van der Waals surface area contributed by atoms with Crippen molar-refractivity contribution in [3.63, 3.8) is 0 Å². The third-order valence-electron chi connectivity index (χ3n) is 5.99. The second kappa shape index (κ2) is 10.8. The number of nitrogens with zero attached hydrogens (tertiary/aromatic N) is 3. The van der Waals surface area contributed by atoms with Crippen molar-refractivity contribution in [3.05, 3.63) is 84.9 Å². The molecule has 0 unspecified atom stereocenters. The van der Waals surface area contributed by atoms with E-state index in [1.54, 1.807) is 41.0 Å². The number of benzene rings is 2. The summed E-state index contributed by atoms with van der Waals surface area (Å²) in [6.07, 6.45) is 4.12. The summed E-state index contributed by atoms with van der Waals surface area (Å²) < 4.78 is 1.62. The van der Waals surface area contributed by atoms with E-state index in [2.05, 4.69) is 10.5 Å². The average molecular weight is 558 g/mol. The Morgan fingerprint density at radius 3 is 2.69 bits per heavy atom. The number of fused-ring (bicyclic) bond motifs is 3. The van der Waals surface area contributed by atoms with Crippen LogP contribution in [-0.2, 0) is 17.6 Å². The summed E-state index contributed by atoms with van der Waals surface area (Å²) in [7, 11) is 0. The molecule has 0 radical (unpaired) electrons. The Kier molecular flexibility index (Phi) is 7.48. The Morgan fingerprint density at radius 2 is 1.92 bits per heavy atom. The topological polar surface area (TPSA) is 76.3 Å². The Hall–Kier alpha value is -2.65. The third-order valence-corrected chi connectivity index (χ3v) is 8.85. The number of hydrazone groups is 1. The maximum Gasteiger partial charge on any atom is 0.267 e. The summed E-state index contributed by atoms with van der Waals surface area (Å²) in [5.74, 6) is -0.257. The first kappa shape index (κ1) is 25.0. The SMILES string of the molecule is C/C(=N/NC(=O)CSc1nc2sc3c(c2c(=O)n1-c1ccccc1)CCCC3)c1ccc(Cl)c(Cl)c1. The Labute approximate surface area is 226 Å². The van der Waals surface area contributed by atoms with Gasteiger partial charge >= 0.3 is 0 Å². The Balaban J connectivity index is 1.41. The number of nitrogens with one attached hydrogen (secondary N) is 1. The van der Waals surface area contributed by atoms with Crippen LogP contribution in [0.4, 0.5) is 0 Å². The zero-order valence-corrected chi connectivity index (χ0v) is 22.5. The fourth-order valence-corrected chi connectivity index (χ4v) is 6.59. The second-order valence-corrected chi connectivity index (χ2v) is 11.3. The minimum Gasteiger partial charge on any atom is -0.272 e. The molecule has 0 fully saturated rings. The molecule has 184 valence electrons. The van der Waals surface area contributed by atoms with E-state index in [1.807, 2.05) is 30.3 Å². The number of amides is 1. The van der Waals surface area contributed by atoms with Gasteiger partial charge in [0.15, 0.2) is 5.16 Å². The van der Waals surface area contributed by atoms with Crippen LogP contribution < -0.4 is 11.0 Å². The molecule has 0 saturated carbocycles. The Morgan fingerprint density at radius 1 is 1.14 bits per heavy atom. The summed E-state index contributed by atoms with van der Waals surface area (Å²) >= 11 is 14.9. The molecule has 0 saturated heterocycles. The summed E-state index contributed by atoms with van der Waals surface area (Å²) in [5.41, 5.74) is 5.71. The molecule has 1 amide bonds. The molecular weight excluding hydrogens is 535 g/mol. The highest BCUT2D eigenvalue weighted by atomic mass is 35.5. The van der Waals surface area contributed by atoms with Crippen LogP contribution in [0.25, 0.3) is 15.9 Å². The molecular formula is C26H22Cl2N4O2S2. The number of aromatic nitrogens is 2. The van der Waals surface area contributed by atoms with Crippen molar-refractivity contribution in [2.45, 2.75) is 37.8 Å². The van der Waals surface area contributed by atoms with Crippen molar-refractivity contribution >= 4 is 68.1 Å². The number of hydrogen-bond acceptors (Lipinski definition) is 6. The van der Waals surface area contributed by atoms with Crippen LogP contribution in [0.1, 0.15) is 35.8 Å². The van der Waals surface area contributed by atoms with Crippen molar-refractivity contribution in [1.29, 1.82) is 0 Å². The van der Waals surface area contributed by atoms with Crippen LogP contribution in [0, 0.1) is 0 Å². The standard InChI is InChI=1S/C26H22Cl2N4O2S2/c1-15(16-11-12-19(27)20(28)13-16)30-31-22(33)14-35-26-29-24-23(18-9-5-6-10-21(18)36-24)25(34)32(26)17-7-3-2-4-8-17/h2-4,7-8,11-13H,5-6,9-10,14H2,1H3,(H,31,33)/b30-15-. The number of para-hydroxylation sites is 1. The fourth-order valence-electron chi connectivity index (χ4n) is 4.18. The lowest BCUT2D eigenvalue weighted by Gasteiger charge is -2.13. The van der Waals surface area contributed by atoms with Gasteiger partial charge in [-0.15, -0.1) is 11.3 Å². The Bertz CT molecular complexity index is 1550. The van der Waals surface area contributed by atoms with Crippen LogP contribution in [0.15, 0.2) is 63.6 Å². The molecule has 1 aliphatic rings. The number of aryl methyl sites for hydroxylation is 2. The number of carbonyl (C=O) groups is 1. The van der Waals surface area contributed by atoms with E-state index in [4.69, 9.17) is 28.2 Å². The van der Waals surface area contributed by atoms with Crippen molar-refractivity contribution in [1.82, 2.24) is 15.0 Å². The lowest BCUT2D eigenvalue weighted by Crippen LogP contribution is -2.24. The number of thioether (sulfide) groups is 1. The lowest BCUT2D eigenvalue weighted by atomic mass is 9.97. The molecule has 6 nitrogen and oxygen atoms in total. The highest BCUT2D eigenvalue weighted by Gasteiger charge is 2.23. The van der Waals surface area contributed by atoms with E-state index in [-0.39, 0.29) is 17.2 Å². The van der Waals surface area contributed by atoms with E-state index >= 15 is 0 Å². The summed E-state index contributed by atoms with van der Waals surface area (Å²) in [6.45, 7) is 1.77. The van der Waals surface area contributed by atoms with Gasteiger partial charge in [0.1, 0.15) is 4.83 Å². The number of thiophene rings is 1. The van der Waals surface area contributed by atoms with Gasteiger partial charge in [0.2, 0.25) is 0 Å². The van der Waals surface area contributed by atoms with E-state index in [1.165, 1.54) is 16.6 Å². The zero-order chi connectivity index (χ0) is 25.2. The summed E-state index contributed by atoms with van der Waals surface area (Å²) in [4.78, 5) is 33.2. The molecule has 2 heterocycles. The van der Waals surface area contributed by atoms with Crippen molar-refractivity contribution in [2.24, 2.45) is 5.10 Å². The van der Waals surface area contributed by atoms with Gasteiger partial charge in [-0.1, -0.05) is 59.2 Å². The van der Waals surface area contributed by atoms with Crippen molar-refractivity contribution < 1.29 is 4.79 Å². The average Bonchev–Trinajstić information content (AvgIpc) is 3.27. The molecule has 0 atom stereocenters. The van der Waals surface area contributed by atoms with Crippen LogP contribution in [-0.4, -0.2) is 26.9 Å². The van der Waals surface area contributed by atoms with Crippen LogP contribution >= 0.6 is 46.3 Å². The maximum absolute atomic E-state index is 13.7. The monoisotopic (exact) mass is 556 g/mol. The van der Waals surface area contributed by atoms with Crippen molar-refractivity contribution in [3.8, 4) is 5.69 Å². The van der Waals surface area contributed by atoms with E-state index in [9.17, 15) is 9.59 Å². The number of hydrogen-bond donors (Lipinski definition) is 1. The summed E-state index contributed by atoms with van der Waals surface area (Å²) in [6, 6.07) is 14.6. The summed E-state index contributed by atoms with van der Waals surface area (Å²) in [5, 5.41) is 6.26. The van der Waals surface area contributed by atoms with E-state index in [0.717, 1.165) is 47.3 Å². The van der Waals surface area contributed by atoms with Gasteiger partial charge in [-0.3, -0.25) is 14.2 Å². The zero-order valence-electron chi connectivity index (χ0n) is 19.4. The second-order valence-electron chi connectivity index (χ2n) is 8.41. The maximum atomic E-state index is 13.7. The molecule has 5 rings (SSSR count). The number of carbonyl (C=O) groups excluding carboxylic acids is 1. The molecule has 4 aromatic rings. The van der Waals surface area contributed by atoms with Crippen LogP contribution in [0.3, 0.4) is 0 Å². The van der Waals surface area contributed by atoms with Gasteiger partial charge in [-0.05, 0) is 68.0 Å². The van der Waals surface area contributed by atoms with Crippen molar-refractivity contribution in [2.75, 3.05) is 5.75 Å². The lowest BCUT2D eigenvalue weighted by molar-refractivity contribution is -0.118. The largest absolute Gasteiger partial charge is 0.272 e. The predicted octanol–water partition coefficient (Wildman–Crippen LogP) is 6.27. The molecule has 0 bridgehead atoms. The highest BCUT2D eigenvalue weighted by molar-refractivity contribution is 7.99. The quantitative estimate of drug-likeness (QED) is 0.131. The normalized spacial score (nSPS) is 13.6. The van der Waals surface area contributed by atoms with Crippen LogP contribution in [0.2, 0.25) is 10.0 Å². The number of halogens is 2. The minimum atomic E-state index is -0.307. The molecule has 1 N–H and O–H groups in total. The van der Waals surface area contributed by atoms with Gasteiger partial charge in [0, 0.05) is 4.88 Å². The number of rotatable bonds is 6. The van der Waals surface area contributed by atoms with Gasteiger partial charge in [0.25, 0.3) is 11.5 Å². The molecule has 36 heavy (non-hydrogen) atoms. The molecule has 1 aliphatic carbocycles. The molecule has 0 aliphatic heterocycles. The van der Waals surface area contributed by atoms with Gasteiger partial charge in [0.05, 0.1) is 32.6 Å². The van der Waals surface area contributed by atoms with E-state index in [0.29, 0.717) is 26.3 Å². The van der Waals surface area contributed by atoms with E-state index < -0.39 is 0 Å². The first-order chi connectivity index (χ1) is 17.4. The van der Waals surface area contributed by atoms with Crippen LogP contribution in [0.5, 0.6) is 0 Å². The predicted molar refractivity (Wildman–Crippen MR) is 149 cm³/mol. The molecule has 0 spiro atoms.